The number of carboxylic acids is 3. The van der Waals surface area contributed by atoms with Gasteiger partial charge in [0.15, 0.2) is 0 Å². The molecule has 1 fully saturated rings. The molecule has 3 unspecified atom stereocenters. The third-order valence-electron chi connectivity index (χ3n) is 5.91. The number of hydrogen-bond donors (Lipinski definition) is 7. The molecule has 0 aliphatic carbocycles. The summed E-state index contributed by atoms with van der Waals surface area (Å²) >= 11 is 0. The van der Waals surface area contributed by atoms with Crippen molar-refractivity contribution in [2.45, 2.75) is 37.4 Å². The van der Waals surface area contributed by atoms with Gasteiger partial charge in [0.2, 0.25) is 17.7 Å². The third kappa shape index (κ3) is 10.5. The van der Waals surface area contributed by atoms with E-state index >= 15 is 0 Å². The molecule has 0 aromatic carbocycles. The average molecular weight is 518 g/mol. The van der Waals surface area contributed by atoms with Crippen LogP contribution in [0.25, 0.3) is 0 Å². The number of primary amides is 3. The van der Waals surface area contributed by atoms with Crippen LogP contribution in [0, 0.1) is 0 Å². The van der Waals surface area contributed by atoms with Gasteiger partial charge < -0.3 is 37.8 Å². The SMILES string of the molecule is NC(=O)C(CC(=O)O)N1CCNCCN(C(CC(=O)O)C(N)=O)CCN(C(CC(=O)O)C(N)=O)CC1. The lowest BCUT2D eigenvalue weighted by atomic mass is 10.1. The maximum Gasteiger partial charge on any atom is 0.305 e. The van der Waals surface area contributed by atoms with Gasteiger partial charge in [0.05, 0.1) is 37.4 Å². The summed E-state index contributed by atoms with van der Waals surface area (Å²) in [7, 11) is 0. The van der Waals surface area contributed by atoms with E-state index in [9.17, 15) is 44.1 Å². The number of carboxylic acid groups (broad SMARTS) is 3. The van der Waals surface area contributed by atoms with E-state index in [0.717, 1.165) is 0 Å². The quantitative estimate of drug-likeness (QED) is 0.129. The van der Waals surface area contributed by atoms with Gasteiger partial charge in [-0.15, -0.1) is 0 Å². The summed E-state index contributed by atoms with van der Waals surface area (Å²) < 4.78 is 0. The van der Waals surface area contributed by atoms with E-state index in [4.69, 9.17) is 17.2 Å². The molecule has 16 heteroatoms. The minimum absolute atomic E-state index is 0.00169. The van der Waals surface area contributed by atoms with Crippen molar-refractivity contribution in [3.05, 3.63) is 0 Å². The maximum absolute atomic E-state index is 12.1. The van der Waals surface area contributed by atoms with E-state index in [1.807, 2.05) is 0 Å². The molecular weight excluding hydrogens is 482 g/mol. The summed E-state index contributed by atoms with van der Waals surface area (Å²) in [6.45, 7) is 1.02. The molecule has 1 saturated heterocycles. The van der Waals surface area contributed by atoms with E-state index in [-0.39, 0.29) is 52.4 Å². The van der Waals surface area contributed by atoms with Crippen LogP contribution in [-0.2, 0) is 28.8 Å². The first kappa shape index (κ1) is 30.7. The Bertz CT molecular complexity index is 777. The van der Waals surface area contributed by atoms with Gasteiger partial charge in [0.1, 0.15) is 0 Å². The molecule has 204 valence electrons. The van der Waals surface area contributed by atoms with Gasteiger partial charge in [-0.25, -0.2) is 0 Å². The molecule has 16 nitrogen and oxygen atoms in total. The highest BCUT2D eigenvalue weighted by Crippen LogP contribution is 2.12. The Kier molecular flexibility index (Phi) is 12.7. The van der Waals surface area contributed by atoms with Crippen molar-refractivity contribution in [1.29, 1.82) is 0 Å². The topological polar surface area (TPSA) is 263 Å². The molecule has 3 amide bonds. The van der Waals surface area contributed by atoms with Crippen LogP contribution < -0.4 is 22.5 Å². The zero-order chi connectivity index (χ0) is 27.4. The Morgan fingerprint density at radius 2 is 0.806 bits per heavy atom. The zero-order valence-corrected chi connectivity index (χ0v) is 19.9. The molecule has 1 heterocycles. The minimum Gasteiger partial charge on any atom is -0.481 e. The summed E-state index contributed by atoms with van der Waals surface area (Å²) in [6.07, 6.45) is -1.72. The van der Waals surface area contributed by atoms with Crippen molar-refractivity contribution in [2.24, 2.45) is 17.2 Å². The number of nitrogens with zero attached hydrogens (tertiary/aromatic N) is 3. The van der Waals surface area contributed by atoms with E-state index in [1.54, 1.807) is 0 Å². The van der Waals surface area contributed by atoms with Crippen LogP contribution in [0.1, 0.15) is 19.3 Å². The van der Waals surface area contributed by atoms with Crippen LogP contribution in [0.15, 0.2) is 0 Å². The monoisotopic (exact) mass is 517 g/mol. The van der Waals surface area contributed by atoms with Gasteiger partial charge in [0.25, 0.3) is 0 Å². The number of aliphatic carboxylic acids is 3. The lowest BCUT2D eigenvalue weighted by Crippen LogP contribution is -2.56. The Hall–Kier alpha value is -3.34. The number of nitrogens with two attached hydrogens (primary N) is 3. The molecular formula is C20H35N7O9. The molecule has 0 spiro atoms. The van der Waals surface area contributed by atoms with Crippen molar-refractivity contribution >= 4 is 35.6 Å². The van der Waals surface area contributed by atoms with Gasteiger partial charge >= 0.3 is 17.9 Å². The summed E-state index contributed by atoms with van der Waals surface area (Å²) in [5.74, 6) is -6.37. The zero-order valence-electron chi connectivity index (χ0n) is 19.9. The van der Waals surface area contributed by atoms with E-state index in [2.05, 4.69) is 5.32 Å². The molecule has 0 saturated carbocycles. The van der Waals surface area contributed by atoms with Gasteiger partial charge in [-0.2, -0.15) is 0 Å². The molecule has 1 aliphatic heterocycles. The number of hydrogen-bond acceptors (Lipinski definition) is 10. The van der Waals surface area contributed by atoms with Crippen molar-refractivity contribution in [1.82, 2.24) is 20.0 Å². The van der Waals surface area contributed by atoms with Gasteiger partial charge in [0, 0.05) is 52.4 Å². The molecule has 1 aliphatic rings. The lowest BCUT2D eigenvalue weighted by molar-refractivity contribution is -0.142. The van der Waals surface area contributed by atoms with Gasteiger partial charge in [-0.3, -0.25) is 43.5 Å². The number of amides is 3. The maximum atomic E-state index is 12.1. The van der Waals surface area contributed by atoms with E-state index in [1.165, 1.54) is 14.7 Å². The molecule has 0 bridgehead atoms. The van der Waals surface area contributed by atoms with Crippen LogP contribution in [0.5, 0.6) is 0 Å². The summed E-state index contributed by atoms with van der Waals surface area (Å²) in [4.78, 5) is 74.5. The fraction of sp³-hybridized carbons (Fsp3) is 0.700. The highest BCUT2D eigenvalue weighted by atomic mass is 16.4. The van der Waals surface area contributed by atoms with E-state index < -0.39 is 73.0 Å². The molecule has 10 N–H and O–H groups in total. The Morgan fingerprint density at radius 1 is 0.556 bits per heavy atom. The van der Waals surface area contributed by atoms with E-state index in [0.29, 0.717) is 0 Å². The highest BCUT2D eigenvalue weighted by Gasteiger charge is 2.32. The second kappa shape index (κ2) is 14.9. The second-order valence-electron chi connectivity index (χ2n) is 8.41. The number of rotatable bonds is 12. The van der Waals surface area contributed by atoms with Crippen molar-refractivity contribution in [2.75, 3.05) is 52.4 Å². The Morgan fingerprint density at radius 3 is 1.03 bits per heavy atom. The fourth-order valence-corrected chi connectivity index (χ4v) is 4.08. The Balaban J connectivity index is 3.28. The van der Waals surface area contributed by atoms with Crippen LogP contribution >= 0.6 is 0 Å². The molecule has 0 aromatic rings. The van der Waals surface area contributed by atoms with Crippen LogP contribution in [0.3, 0.4) is 0 Å². The Labute approximate surface area is 207 Å². The van der Waals surface area contributed by atoms with Crippen LogP contribution in [-0.4, -0.2) is 136 Å². The molecule has 36 heavy (non-hydrogen) atoms. The largest absolute Gasteiger partial charge is 0.481 e. The predicted octanol–water partition coefficient (Wildman–Crippen LogP) is -4.52. The van der Waals surface area contributed by atoms with Gasteiger partial charge in [-0.05, 0) is 0 Å². The first-order valence-corrected chi connectivity index (χ1v) is 11.3. The van der Waals surface area contributed by atoms with Crippen molar-refractivity contribution in [3.8, 4) is 0 Å². The second-order valence-corrected chi connectivity index (χ2v) is 8.41. The average Bonchev–Trinajstić information content (AvgIpc) is 2.74. The highest BCUT2D eigenvalue weighted by molar-refractivity contribution is 5.86. The predicted molar refractivity (Wildman–Crippen MR) is 123 cm³/mol. The molecule has 0 radical (unpaired) electrons. The van der Waals surface area contributed by atoms with Crippen molar-refractivity contribution < 1.29 is 44.1 Å². The van der Waals surface area contributed by atoms with Crippen LogP contribution in [0.4, 0.5) is 0 Å². The van der Waals surface area contributed by atoms with Gasteiger partial charge in [-0.1, -0.05) is 0 Å². The number of carbonyl (C=O) groups is 6. The molecule has 3 atom stereocenters. The van der Waals surface area contributed by atoms with Crippen LogP contribution in [0.2, 0.25) is 0 Å². The lowest BCUT2D eigenvalue weighted by Gasteiger charge is -2.37. The third-order valence-corrected chi connectivity index (χ3v) is 5.91. The summed E-state index contributed by atoms with van der Waals surface area (Å²) in [6, 6.07) is -3.55. The first-order valence-electron chi connectivity index (χ1n) is 11.3. The number of carbonyl (C=O) groups excluding carboxylic acids is 3. The summed E-state index contributed by atoms with van der Waals surface area (Å²) in [5.41, 5.74) is 16.3. The molecule has 1 rings (SSSR count). The minimum atomic E-state index is -1.29. The number of nitrogens with one attached hydrogen (secondary N) is 1. The smallest absolute Gasteiger partial charge is 0.305 e. The van der Waals surface area contributed by atoms with Crippen molar-refractivity contribution in [3.63, 3.8) is 0 Å². The fourth-order valence-electron chi connectivity index (χ4n) is 4.08. The molecule has 0 aromatic heterocycles. The first-order chi connectivity index (χ1) is 16.8. The standard InChI is InChI=1S/C20H35N7O9/c21-18(34)12(9-15(28)29)25-3-1-24-2-4-26(13(19(22)35)10-16(30)31)6-8-27(7-5-25)14(20(23)36)11-17(32)33/h12-14,24H,1-11H2,(H2,21,34)(H2,22,35)(H2,23,36)(H,28,29)(H,30,31)(H,32,33). The summed E-state index contributed by atoms with van der Waals surface area (Å²) in [5, 5.41) is 30.8. The normalized spacial score (nSPS) is 19.7.